The number of guanidine groups is 1. The van der Waals surface area contributed by atoms with E-state index in [2.05, 4.69) is 28.8 Å². The van der Waals surface area contributed by atoms with Crippen LogP contribution in [0.15, 0.2) is 4.99 Å². The van der Waals surface area contributed by atoms with E-state index in [9.17, 15) is 0 Å². The van der Waals surface area contributed by atoms with E-state index in [1.54, 1.807) is 0 Å². The number of halogens is 1. The summed E-state index contributed by atoms with van der Waals surface area (Å²) < 4.78 is 5.26. The highest BCUT2D eigenvalue weighted by atomic mass is 127. The molecule has 0 aromatic rings. The van der Waals surface area contributed by atoms with Crippen LogP contribution in [0.2, 0.25) is 0 Å². The molecule has 1 aliphatic heterocycles. The summed E-state index contributed by atoms with van der Waals surface area (Å²) in [7, 11) is 1.84. The zero-order valence-corrected chi connectivity index (χ0v) is 15.2. The summed E-state index contributed by atoms with van der Waals surface area (Å²) in [5.41, 5.74) is 0.287. The van der Waals surface area contributed by atoms with Crippen LogP contribution in [0, 0.1) is 5.41 Å². The van der Waals surface area contributed by atoms with Crippen molar-refractivity contribution in [1.29, 1.82) is 0 Å². The topological polar surface area (TPSA) is 45.7 Å². The van der Waals surface area contributed by atoms with Gasteiger partial charge in [0, 0.05) is 30.3 Å². The predicted octanol–water partition coefficient (Wildman–Crippen LogP) is 2.09. The monoisotopic (exact) mass is 399 g/mol. The molecule has 0 aromatic heterocycles. The maximum absolute atomic E-state index is 5.26. The van der Waals surface area contributed by atoms with E-state index in [0.29, 0.717) is 6.04 Å². The van der Waals surface area contributed by atoms with Crippen molar-refractivity contribution in [1.82, 2.24) is 10.6 Å². The molecular weight excluding hydrogens is 373 g/mol. The van der Waals surface area contributed by atoms with Crippen molar-refractivity contribution in [2.75, 3.05) is 33.1 Å². The van der Waals surface area contributed by atoms with Gasteiger partial charge in [-0.15, -0.1) is 24.0 Å². The molecule has 1 aliphatic carbocycles. The SMILES string of the molecule is CN=C(NCC1(C)COC1)NC1CCC(SC)C1.I. The fraction of sp³-hybridized carbons (Fsp3) is 0.923. The lowest BCUT2D eigenvalue weighted by atomic mass is 9.89. The van der Waals surface area contributed by atoms with Crippen molar-refractivity contribution < 1.29 is 4.74 Å². The van der Waals surface area contributed by atoms with E-state index in [1.807, 2.05) is 18.8 Å². The van der Waals surface area contributed by atoms with Crippen molar-refractivity contribution >= 4 is 41.7 Å². The molecule has 2 unspecified atom stereocenters. The molecule has 1 heterocycles. The number of hydrogen-bond donors (Lipinski definition) is 2. The van der Waals surface area contributed by atoms with Crippen LogP contribution in [-0.2, 0) is 4.74 Å². The minimum Gasteiger partial charge on any atom is -0.380 e. The second kappa shape index (κ2) is 7.93. The number of rotatable bonds is 4. The number of ether oxygens (including phenoxy) is 1. The normalized spacial score (nSPS) is 29.3. The lowest BCUT2D eigenvalue weighted by Crippen LogP contribution is -2.52. The zero-order valence-electron chi connectivity index (χ0n) is 12.1. The van der Waals surface area contributed by atoms with Gasteiger partial charge >= 0.3 is 0 Å². The third-order valence-corrected chi connectivity index (χ3v) is 4.96. The second-order valence-electron chi connectivity index (χ2n) is 5.74. The maximum atomic E-state index is 5.26. The Morgan fingerprint density at radius 3 is 2.63 bits per heavy atom. The molecule has 2 rings (SSSR count). The molecule has 0 bridgehead atoms. The number of thioether (sulfide) groups is 1. The summed E-state index contributed by atoms with van der Waals surface area (Å²) in [5.74, 6) is 0.940. The molecule has 6 heteroatoms. The molecule has 2 N–H and O–H groups in total. The molecule has 1 saturated carbocycles. The Hall–Kier alpha value is 0.310. The fourth-order valence-corrected chi connectivity index (χ4v) is 3.32. The van der Waals surface area contributed by atoms with Crippen molar-refractivity contribution in [2.24, 2.45) is 10.4 Å². The van der Waals surface area contributed by atoms with Crippen LogP contribution in [0.5, 0.6) is 0 Å². The number of nitrogens with zero attached hydrogens (tertiary/aromatic N) is 1. The Bertz CT molecular complexity index is 310. The van der Waals surface area contributed by atoms with Crippen molar-refractivity contribution in [3.05, 3.63) is 0 Å². The number of hydrogen-bond acceptors (Lipinski definition) is 3. The standard InChI is InChI=1S/C13H25N3OS.HI/c1-13(8-17-9-13)7-15-12(14-2)16-10-4-5-11(6-10)18-3;/h10-11H,4-9H2,1-3H3,(H2,14,15,16);1H. The smallest absolute Gasteiger partial charge is 0.191 e. The molecular formula is C13H26IN3OS. The molecule has 19 heavy (non-hydrogen) atoms. The van der Waals surface area contributed by atoms with Gasteiger partial charge in [-0.2, -0.15) is 11.8 Å². The third-order valence-electron chi connectivity index (χ3n) is 3.87. The van der Waals surface area contributed by atoms with Crippen LogP contribution in [0.3, 0.4) is 0 Å². The molecule has 2 fully saturated rings. The first-order valence-corrected chi connectivity index (χ1v) is 8.02. The minimum absolute atomic E-state index is 0. The van der Waals surface area contributed by atoms with Gasteiger partial charge in [0.1, 0.15) is 0 Å². The first-order valence-electron chi connectivity index (χ1n) is 6.73. The summed E-state index contributed by atoms with van der Waals surface area (Å²) in [6.07, 6.45) is 6.04. The van der Waals surface area contributed by atoms with E-state index in [4.69, 9.17) is 4.74 Å². The average molecular weight is 399 g/mol. The van der Waals surface area contributed by atoms with Crippen molar-refractivity contribution in [3.63, 3.8) is 0 Å². The molecule has 0 amide bonds. The van der Waals surface area contributed by atoms with Gasteiger partial charge in [0.2, 0.25) is 0 Å². The van der Waals surface area contributed by atoms with E-state index >= 15 is 0 Å². The average Bonchev–Trinajstić information content (AvgIpc) is 2.79. The minimum atomic E-state index is 0. The Kier molecular flexibility index (Phi) is 7.24. The van der Waals surface area contributed by atoms with Crippen LogP contribution in [0.25, 0.3) is 0 Å². The fourth-order valence-electron chi connectivity index (χ4n) is 2.52. The van der Waals surface area contributed by atoms with Crippen LogP contribution in [0.1, 0.15) is 26.2 Å². The van der Waals surface area contributed by atoms with Crippen LogP contribution in [-0.4, -0.2) is 50.3 Å². The van der Waals surface area contributed by atoms with Gasteiger partial charge in [0.25, 0.3) is 0 Å². The molecule has 2 atom stereocenters. The van der Waals surface area contributed by atoms with E-state index < -0.39 is 0 Å². The quantitative estimate of drug-likeness (QED) is 0.432. The molecule has 0 aromatic carbocycles. The van der Waals surface area contributed by atoms with Gasteiger partial charge < -0.3 is 15.4 Å². The van der Waals surface area contributed by atoms with Gasteiger partial charge in [0.05, 0.1) is 13.2 Å². The van der Waals surface area contributed by atoms with Gasteiger partial charge in [0.15, 0.2) is 5.96 Å². The molecule has 112 valence electrons. The highest BCUT2D eigenvalue weighted by molar-refractivity contribution is 14.0. The summed E-state index contributed by atoms with van der Waals surface area (Å²) in [6.45, 7) is 4.89. The molecule has 0 radical (unpaired) electrons. The van der Waals surface area contributed by atoms with E-state index in [0.717, 1.165) is 31.0 Å². The lowest BCUT2D eigenvalue weighted by Gasteiger charge is -2.38. The Labute approximate surface area is 137 Å². The van der Waals surface area contributed by atoms with Gasteiger partial charge in [-0.05, 0) is 25.5 Å². The van der Waals surface area contributed by atoms with Crippen LogP contribution in [0.4, 0.5) is 0 Å². The van der Waals surface area contributed by atoms with Crippen LogP contribution < -0.4 is 10.6 Å². The van der Waals surface area contributed by atoms with E-state index in [1.165, 1.54) is 19.3 Å². The predicted molar refractivity (Wildman–Crippen MR) is 93.8 cm³/mol. The summed E-state index contributed by atoms with van der Waals surface area (Å²) in [5, 5.41) is 7.78. The number of aliphatic imine (C=N–C) groups is 1. The Balaban J connectivity index is 0.00000180. The summed E-state index contributed by atoms with van der Waals surface area (Å²) >= 11 is 1.98. The molecule has 4 nitrogen and oxygen atoms in total. The van der Waals surface area contributed by atoms with E-state index in [-0.39, 0.29) is 29.4 Å². The highest BCUT2D eigenvalue weighted by Gasteiger charge is 2.33. The van der Waals surface area contributed by atoms with Gasteiger partial charge in [-0.3, -0.25) is 4.99 Å². The molecule has 0 spiro atoms. The summed E-state index contributed by atoms with van der Waals surface area (Å²) in [4.78, 5) is 4.31. The first kappa shape index (κ1) is 17.4. The summed E-state index contributed by atoms with van der Waals surface area (Å²) in [6, 6.07) is 0.582. The first-order chi connectivity index (χ1) is 8.65. The van der Waals surface area contributed by atoms with Crippen LogP contribution >= 0.6 is 35.7 Å². The lowest BCUT2D eigenvalue weighted by molar-refractivity contribution is -0.0971. The van der Waals surface area contributed by atoms with Gasteiger partial charge in [-0.1, -0.05) is 6.92 Å². The molecule has 1 saturated heterocycles. The Morgan fingerprint density at radius 1 is 1.42 bits per heavy atom. The zero-order chi connectivity index (χ0) is 13.0. The molecule has 2 aliphatic rings. The Morgan fingerprint density at radius 2 is 2.16 bits per heavy atom. The van der Waals surface area contributed by atoms with Gasteiger partial charge in [-0.25, -0.2) is 0 Å². The largest absolute Gasteiger partial charge is 0.380 e. The van der Waals surface area contributed by atoms with Crippen molar-refractivity contribution in [3.8, 4) is 0 Å². The van der Waals surface area contributed by atoms with Crippen molar-refractivity contribution in [2.45, 2.75) is 37.5 Å². The number of nitrogens with one attached hydrogen (secondary N) is 2. The maximum Gasteiger partial charge on any atom is 0.191 e. The third kappa shape index (κ3) is 4.97. The highest BCUT2D eigenvalue weighted by Crippen LogP contribution is 2.28. The second-order valence-corrected chi connectivity index (χ2v) is 6.88.